The van der Waals surface area contributed by atoms with Crippen LogP contribution in [0.3, 0.4) is 0 Å². The smallest absolute Gasteiger partial charge is 0.349 e. The standard InChI is InChI=1S/C19H17N3O4S/c23-16(21-19-20-7-10-27-19)12-5-8-22(9-6-12)17(24)14-11-13-3-1-2-4-15(13)26-18(14)25/h1-4,7,10-12H,5-6,8-9H2,(H,20,21,23). The highest BCUT2D eigenvalue weighted by Gasteiger charge is 2.29. The minimum absolute atomic E-state index is 0.0272. The number of hydrogen-bond acceptors (Lipinski definition) is 6. The van der Waals surface area contributed by atoms with Crippen LogP contribution in [0.15, 0.2) is 51.1 Å². The molecule has 2 aromatic heterocycles. The summed E-state index contributed by atoms with van der Waals surface area (Å²) in [6.45, 7) is 0.835. The molecule has 0 radical (unpaired) electrons. The Morgan fingerprint density at radius 1 is 1.22 bits per heavy atom. The van der Waals surface area contributed by atoms with Crippen LogP contribution in [0.1, 0.15) is 23.2 Å². The van der Waals surface area contributed by atoms with Gasteiger partial charge in [0.2, 0.25) is 5.91 Å². The van der Waals surface area contributed by atoms with Crippen LogP contribution in [-0.2, 0) is 4.79 Å². The Hall–Kier alpha value is -3.00. The third kappa shape index (κ3) is 3.61. The zero-order valence-corrected chi connectivity index (χ0v) is 15.2. The summed E-state index contributed by atoms with van der Waals surface area (Å²) in [6.07, 6.45) is 2.72. The van der Waals surface area contributed by atoms with Gasteiger partial charge in [0.15, 0.2) is 5.13 Å². The number of nitrogens with zero attached hydrogens (tertiary/aromatic N) is 2. The molecular weight excluding hydrogens is 366 g/mol. The lowest BCUT2D eigenvalue weighted by molar-refractivity contribution is -0.121. The van der Waals surface area contributed by atoms with Crippen LogP contribution in [-0.4, -0.2) is 34.8 Å². The molecule has 27 heavy (non-hydrogen) atoms. The number of amides is 2. The van der Waals surface area contributed by atoms with Crippen molar-refractivity contribution in [2.75, 3.05) is 18.4 Å². The monoisotopic (exact) mass is 383 g/mol. The first-order valence-corrected chi connectivity index (χ1v) is 9.52. The molecule has 2 amide bonds. The van der Waals surface area contributed by atoms with E-state index in [1.807, 2.05) is 6.07 Å². The predicted octanol–water partition coefficient (Wildman–Crippen LogP) is 2.74. The molecule has 0 atom stereocenters. The molecule has 4 rings (SSSR count). The fourth-order valence-corrected chi connectivity index (χ4v) is 3.75. The van der Waals surface area contributed by atoms with Gasteiger partial charge in [-0.15, -0.1) is 11.3 Å². The second kappa shape index (κ2) is 7.32. The lowest BCUT2D eigenvalue weighted by Gasteiger charge is -2.31. The van der Waals surface area contributed by atoms with Gasteiger partial charge in [-0.3, -0.25) is 9.59 Å². The van der Waals surface area contributed by atoms with Gasteiger partial charge in [0.1, 0.15) is 11.1 Å². The molecule has 1 N–H and O–H groups in total. The van der Waals surface area contributed by atoms with Gasteiger partial charge in [-0.2, -0.15) is 0 Å². The highest BCUT2D eigenvalue weighted by molar-refractivity contribution is 7.13. The molecule has 7 nitrogen and oxygen atoms in total. The van der Waals surface area contributed by atoms with E-state index in [0.717, 1.165) is 0 Å². The predicted molar refractivity (Wildman–Crippen MR) is 102 cm³/mol. The molecule has 0 unspecified atom stereocenters. The first-order chi connectivity index (χ1) is 13.1. The van der Waals surface area contributed by atoms with Crippen LogP contribution in [0.4, 0.5) is 5.13 Å². The van der Waals surface area contributed by atoms with Crippen molar-refractivity contribution in [3.63, 3.8) is 0 Å². The van der Waals surface area contributed by atoms with Crippen LogP contribution in [0.5, 0.6) is 0 Å². The van der Waals surface area contributed by atoms with Gasteiger partial charge >= 0.3 is 5.63 Å². The van der Waals surface area contributed by atoms with E-state index in [1.54, 1.807) is 40.7 Å². The maximum absolute atomic E-state index is 12.8. The molecule has 1 aliphatic rings. The molecule has 138 valence electrons. The van der Waals surface area contributed by atoms with Gasteiger partial charge in [0.05, 0.1) is 0 Å². The number of carbonyl (C=O) groups excluding carboxylic acids is 2. The fraction of sp³-hybridized carbons (Fsp3) is 0.263. The molecule has 0 aliphatic carbocycles. The molecule has 3 aromatic rings. The first-order valence-electron chi connectivity index (χ1n) is 8.64. The minimum Gasteiger partial charge on any atom is -0.422 e. The third-order valence-electron chi connectivity index (χ3n) is 4.69. The normalized spacial score (nSPS) is 15.0. The molecule has 0 spiro atoms. The summed E-state index contributed by atoms with van der Waals surface area (Å²) < 4.78 is 5.25. The van der Waals surface area contributed by atoms with E-state index in [9.17, 15) is 14.4 Å². The number of carbonyl (C=O) groups is 2. The number of hydrogen-bond donors (Lipinski definition) is 1. The Kier molecular flexibility index (Phi) is 4.72. The van der Waals surface area contributed by atoms with Crippen molar-refractivity contribution in [2.24, 2.45) is 5.92 Å². The second-order valence-electron chi connectivity index (χ2n) is 6.38. The number of para-hydroxylation sites is 1. The molecule has 3 heterocycles. The molecule has 8 heteroatoms. The number of likely N-dealkylation sites (tertiary alicyclic amines) is 1. The van der Waals surface area contributed by atoms with Gasteiger partial charge in [-0.25, -0.2) is 9.78 Å². The SMILES string of the molecule is O=C(Nc1nccs1)C1CCN(C(=O)c2cc3ccccc3oc2=O)CC1. The van der Waals surface area contributed by atoms with E-state index in [2.05, 4.69) is 10.3 Å². The van der Waals surface area contributed by atoms with Crippen LogP contribution < -0.4 is 10.9 Å². The summed E-state index contributed by atoms with van der Waals surface area (Å²) in [5.41, 5.74) is -0.154. The van der Waals surface area contributed by atoms with Crippen molar-refractivity contribution in [3.8, 4) is 0 Å². The highest BCUT2D eigenvalue weighted by Crippen LogP contribution is 2.22. The summed E-state index contributed by atoms with van der Waals surface area (Å²) in [7, 11) is 0. The average molecular weight is 383 g/mol. The molecule has 1 aliphatic heterocycles. The number of nitrogens with one attached hydrogen (secondary N) is 1. The van der Waals surface area contributed by atoms with Crippen LogP contribution in [0.25, 0.3) is 11.0 Å². The molecule has 1 fully saturated rings. The quantitative estimate of drug-likeness (QED) is 0.702. The molecule has 1 aromatic carbocycles. The topological polar surface area (TPSA) is 92.5 Å². The van der Waals surface area contributed by atoms with E-state index < -0.39 is 5.63 Å². The molecular formula is C19H17N3O4S. The minimum atomic E-state index is -0.637. The van der Waals surface area contributed by atoms with Crippen LogP contribution >= 0.6 is 11.3 Å². The van der Waals surface area contributed by atoms with Gasteiger partial charge in [0.25, 0.3) is 5.91 Å². The van der Waals surface area contributed by atoms with Crippen molar-refractivity contribution in [3.05, 3.63) is 57.9 Å². The van der Waals surface area contributed by atoms with Gasteiger partial charge in [0, 0.05) is 36.0 Å². The summed E-state index contributed by atoms with van der Waals surface area (Å²) in [5.74, 6) is -0.610. The van der Waals surface area contributed by atoms with E-state index in [4.69, 9.17) is 4.42 Å². The largest absolute Gasteiger partial charge is 0.422 e. The molecule has 0 saturated carbocycles. The van der Waals surface area contributed by atoms with Crippen LogP contribution in [0, 0.1) is 5.92 Å². The van der Waals surface area contributed by atoms with Crippen molar-refractivity contribution >= 4 is 39.3 Å². The van der Waals surface area contributed by atoms with Crippen molar-refractivity contribution in [1.29, 1.82) is 0 Å². The third-order valence-corrected chi connectivity index (χ3v) is 5.38. The van der Waals surface area contributed by atoms with Crippen molar-refractivity contribution < 1.29 is 14.0 Å². The van der Waals surface area contributed by atoms with Gasteiger partial charge in [-0.05, 0) is 25.0 Å². The van der Waals surface area contributed by atoms with Crippen LogP contribution in [0.2, 0.25) is 0 Å². The zero-order valence-electron chi connectivity index (χ0n) is 14.4. The number of thiazole rings is 1. The first kappa shape index (κ1) is 17.4. The number of anilines is 1. The van der Waals surface area contributed by atoms with E-state index in [0.29, 0.717) is 42.0 Å². The Balaban J connectivity index is 1.43. The summed E-state index contributed by atoms with van der Waals surface area (Å²) in [6, 6.07) is 8.66. The number of piperidine rings is 1. The van der Waals surface area contributed by atoms with Crippen molar-refractivity contribution in [1.82, 2.24) is 9.88 Å². The maximum Gasteiger partial charge on any atom is 0.349 e. The lowest BCUT2D eigenvalue weighted by Crippen LogP contribution is -2.42. The Bertz CT molecular complexity index is 1040. The number of rotatable bonds is 3. The number of aromatic nitrogens is 1. The van der Waals surface area contributed by atoms with Gasteiger partial charge in [-0.1, -0.05) is 18.2 Å². The van der Waals surface area contributed by atoms with Crippen molar-refractivity contribution in [2.45, 2.75) is 12.8 Å². The van der Waals surface area contributed by atoms with E-state index in [-0.39, 0.29) is 23.3 Å². The molecule has 1 saturated heterocycles. The maximum atomic E-state index is 12.8. The summed E-state index contributed by atoms with van der Waals surface area (Å²) >= 11 is 1.37. The fourth-order valence-electron chi connectivity index (χ4n) is 3.22. The van der Waals surface area contributed by atoms with E-state index in [1.165, 1.54) is 11.3 Å². The Morgan fingerprint density at radius 2 is 2.00 bits per heavy atom. The zero-order chi connectivity index (χ0) is 18.8. The van der Waals surface area contributed by atoms with Gasteiger partial charge < -0.3 is 14.6 Å². The Morgan fingerprint density at radius 3 is 2.74 bits per heavy atom. The second-order valence-corrected chi connectivity index (χ2v) is 7.27. The Labute approximate surface area is 158 Å². The summed E-state index contributed by atoms with van der Waals surface area (Å²) in [5, 5.41) is 5.88. The lowest BCUT2D eigenvalue weighted by atomic mass is 9.95. The average Bonchev–Trinajstić information content (AvgIpc) is 3.20. The van der Waals surface area contributed by atoms with E-state index >= 15 is 0 Å². The number of fused-ring (bicyclic) bond motifs is 1. The molecule has 0 bridgehead atoms. The summed E-state index contributed by atoms with van der Waals surface area (Å²) in [4.78, 5) is 42.9. The highest BCUT2D eigenvalue weighted by atomic mass is 32.1. The number of benzene rings is 1.